The first-order chi connectivity index (χ1) is 15.8. The summed E-state index contributed by atoms with van der Waals surface area (Å²) in [4.78, 5) is 4.38. The van der Waals surface area contributed by atoms with E-state index in [-0.39, 0.29) is 24.1 Å². The Morgan fingerprint density at radius 2 is 2.27 bits per heavy atom. The smallest absolute Gasteiger partial charge is 0.356 e. The van der Waals surface area contributed by atoms with Gasteiger partial charge in [0.25, 0.3) is 0 Å². The number of nitrogens with zero attached hydrogens (tertiary/aromatic N) is 2. The third-order valence-corrected chi connectivity index (χ3v) is 7.41. The van der Waals surface area contributed by atoms with Gasteiger partial charge in [-0.25, -0.2) is 9.37 Å². The number of hydrogen-bond acceptors (Lipinski definition) is 7. The van der Waals surface area contributed by atoms with E-state index in [1.165, 1.54) is 12.1 Å². The van der Waals surface area contributed by atoms with Crippen molar-refractivity contribution < 1.29 is 22.7 Å². The summed E-state index contributed by atoms with van der Waals surface area (Å²) in [6.07, 6.45) is 4.29. The second-order valence-electron chi connectivity index (χ2n) is 8.19. The Bertz CT molecular complexity index is 1100. The van der Waals surface area contributed by atoms with E-state index in [1.54, 1.807) is 12.4 Å². The molecule has 11 heteroatoms. The third-order valence-electron chi connectivity index (χ3n) is 5.58. The van der Waals surface area contributed by atoms with Gasteiger partial charge in [0.05, 0.1) is 37.4 Å². The van der Waals surface area contributed by atoms with Crippen molar-refractivity contribution in [2.24, 2.45) is 0 Å². The van der Waals surface area contributed by atoms with Crippen LogP contribution in [0.5, 0.6) is 0 Å². The summed E-state index contributed by atoms with van der Waals surface area (Å²) in [5.74, 6) is 0.257. The monoisotopic (exact) mass is 496 g/mol. The highest BCUT2D eigenvalue weighted by molar-refractivity contribution is 7.53. The number of anilines is 1. The van der Waals surface area contributed by atoms with Gasteiger partial charge < -0.3 is 24.6 Å². The van der Waals surface area contributed by atoms with Crippen LogP contribution in [0.25, 0.3) is 0 Å². The molecule has 2 aromatic rings. The van der Waals surface area contributed by atoms with E-state index in [4.69, 9.17) is 30.8 Å². The Kier molecular flexibility index (Phi) is 7.36. The molecule has 1 aromatic heterocycles. The average Bonchev–Trinajstić information content (AvgIpc) is 3.09. The van der Waals surface area contributed by atoms with Gasteiger partial charge >= 0.3 is 7.60 Å². The fraction of sp³-hybridized carbons (Fsp3) is 0.455. The summed E-state index contributed by atoms with van der Waals surface area (Å²) < 4.78 is 45.7. The Labute approximate surface area is 197 Å². The number of benzene rings is 1. The molecule has 4 rings (SSSR count). The van der Waals surface area contributed by atoms with E-state index >= 15 is 0 Å². The highest BCUT2D eigenvalue weighted by Crippen LogP contribution is 2.56. The van der Waals surface area contributed by atoms with Crippen LogP contribution in [0.3, 0.4) is 0 Å². The Hall–Kier alpha value is -2.03. The third kappa shape index (κ3) is 5.73. The molecule has 178 valence electrons. The summed E-state index contributed by atoms with van der Waals surface area (Å²) in [6, 6.07) is 4.13. The van der Waals surface area contributed by atoms with Gasteiger partial charge in [-0.3, -0.25) is 9.09 Å². The molecular formula is C22H27ClFN4O4P. The fourth-order valence-electron chi connectivity index (χ4n) is 3.83. The van der Waals surface area contributed by atoms with Crippen LogP contribution in [-0.2, 0) is 24.9 Å². The number of hydrogen-bond donors (Lipinski definition) is 2. The molecule has 2 aliphatic heterocycles. The van der Waals surface area contributed by atoms with Crippen LogP contribution >= 0.6 is 19.2 Å². The summed E-state index contributed by atoms with van der Waals surface area (Å²) in [5.41, 5.74) is 2.73. The van der Waals surface area contributed by atoms with Crippen molar-refractivity contribution in [1.29, 1.82) is 5.41 Å². The lowest BCUT2D eigenvalue weighted by Gasteiger charge is -2.30. The molecule has 1 fully saturated rings. The molecule has 33 heavy (non-hydrogen) atoms. The number of fused-ring (bicyclic) bond motifs is 1. The molecule has 0 aliphatic carbocycles. The Morgan fingerprint density at radius 3 is 3.03 bits per heavy atom. The van der Waals surface area contributed by atoms with Crippen molar-refractivity contribution in [3.05, 3.63) is 58.4 Å². The number of aromatic nitrogens is 2. The maximum atomic E-state index is 13.7. The first-order valence-electron chi connectivity index (χ1n) is 10.8. The van der Waals surface area contributed by atoms with Crippen LogP contribution in [0, 0.1) is 11.2 Å². The lowest BCUT2D eigenvalue weighted by Crippen LogP contribution is -2.21. The van der Waals surface area contributed by atoms with Crippen molar-refractivity contribution >= 4 is 30.7 Å². The first-order valence-corrected chi connectivity index (χ1v) is 12.9. The van der Waals surface area contributed by atoms with E-state index in [0.29, 0.717) is 36.4 Å². The molecule has 0 bridgehead atoms. The number of nitrogens with one attached hydrogen (secondary N) is 2. The van der Waals surface area contributed by atoms with Gasteiger partial charge in [-0.05, 0) is 42.7 Å². The van der Waals surface area contributed by atoms with E-state index in [0.717, 1.165) is 17.8 Å². The minimum absolute atomic E-state index is 0.209. The van der Waals surface area contributed by atoms with Gasteiger partial charge in [0, 0.05) is 24.1 Å². The predicted octanol–water partition coefficient (Wildman–Crippen LogP) is 5.89. The zero-order valence-corrected chi connectivity index (χ0v) is 20.2. The molecule has 0 saturated carbocycles. The van der Waals surface area contributed by atoms with Crippen LogP contribution < -0.4 is 5.32 Å². The maximum Gasteiger partial charge on any atom is 0.356 e. The Morgan fingerprint density at radius 1 is 1.45 bits per heavy atom. The van der Waals surface area contributed by atoms with Crippen molar-refractivity contribution in [3.8, 4) is 0 Å². The molecule has 0 radical (unpaired) electrons. The highest BCUT2D eigenvalue weighted by atomic mass is 35.5. The minimum atomic E-state index is -3.53. The maximum absolute atomic E-state index is 13.7. The predicted molar refractivity (Wildman–Crippen MR) is 124 cm³/mol. The standard InChI is InChI=1S/C22H27ClFN4O4P/c1-3-15-6-19(25)21-22(26-10-15)28(12-27-21)11-14(2)30-13-33(29)31-5-4-20(32-33)16-7-17(23)9-18(24)8-16/h7-10,12,14,20,25-26H,3-6,11,13H2,1-2H3/t14-,20+,33+/m1/s1. The van der Waals surface area contributed by atoms with Gasteiger partial charge in [-0.2, -0.15) is 0 Å². The lowest BCUT2D eigenvalue weighted by molar-refractivity contribution is 0.0338. The summed E-state index contributed by atoms with van der Waals surface area (Å²) in [5, 5.41) is 11.8. The highest BCUT2D eigenvalue weighted by Gasteiger charge is 2.35. The zero-order chi connectivity index (χ0) is 23.6. The van der Waals surface area contributed by atoms with Crippen LogP contribution in [0.4, 0.5) is 10.2 Å². The molecule has 2 N–H and O–H groups in total. The van der Waals surface area contributed by atoms with E-state index in [1.807, 2.05) is 17.7 Å². The Balaban J connectivity index is 1.38. The van der Waals surface area contributed by atoms with Gasteiger partial charge in [0.15, 0.2) is 0 Å². The van der Waals surface area contributed by atoms with E-state index in [9.17, 15) is 8.96 Å². The molecule has 0 unspecified atom stereocenters. The number of rotatable bonds is 7. The summed E-state index contributed by atoms with van der Waals surface area (Å²) >= 11 is 5.95. The molecule has 8 nitrogen and oxygen atoms in total. The van der Waals surface area contributed by atoms with Crippen molar-refractivity contribution in [2.75, 3.05) is 18.3 Å². The second kappa shape index (κ2) is 10.1. The number of imidazole rings is 1. The van der Waals surface area contributed by atoms with E-state index < -0.39 is 19.5 Å². The minimum Gasteiger partial charge on any atom is -0.364 e. The fourth-order valence-corrected chi connectivity index (χ4v) is 5.69. The number of allylic oxidation sites excluding steroid dienone is 1. The molecule has 0 spiro atoms. The second-order valence-corrected chi connectivity index (χ2v) is 10.6. The first kappa shape index (κ1) is 24.1. The summed E-state index contributed by atoms with van der Waals surface area (Å²) in [6.45, 7) is 4.54. The normalized spacial score (nSPS) is 23.9. The molecule has 2 aliphatic rings. The SMILES string of the molecule is CCC1=CNc2c(ncn2C[C@@H](C)OC[P@]2(=O)OCC[C@@H](c3cc(F)cc(Cl)c3)O2)C(=N)C1. The van der Waals surface area contributed by atoms with Gasteiger partial charge in [-0.15, -0.1) is 0 Å². The molecule has 1 saturated heterocycles. The van der Waals surface area contributed by atoms with Crippen molar-refractivity contribution in [3.63, 3.8) is 0 Å². The number of ether oxygens (including phenoxy) is 1. The van der Waals surface area contributed by atoms with Gasteiger partial charge in [-0.1, -0.05) is 18.5 Å². The zero-order valence-electron chi connectivity index (χ0n) is 18.5. The van der Waals surface area contributed by atoms with Crippen LogP contribution in [0.1, 0.15) is 50.5 Å². The average molecular weight is 497 g/mol. The molecule has 1 aromatic carbocycles. The quantitative estimate of drug-likeness (QED) is 0.464. The van der Waals surface area contributed by atoms with Crippen molar-refractivity contribution in [2.45, 2.75) is 51.9 Å². The van der Waals surface area contributed by atoms with E-state index in [2.05, 4.69) is 17.2 Å². The molecule has 3 heterocycles. The van der Waals surface area contributed by atoms with Crippen LogP contribution in [0.2, 0.25) is 5.02 Å². The van der Waals surface area contributed by atoms with Gasteiger partial charge in [0.2, 0.25) is 0 Å². The van der Waals surface area contributed by atoms with Crippen LogP contribution in [0.15, 0.2) is 36.3 Å². The summed E-state index contributed by atoms with van der Waals surface area (Å²) in [7, 11) is -3.53. The van der Waals surface area contributed by atoms with Gasteiger partial charge in [0.1, 0.15) is 23.7 Å². The number of halogens is 2. The molecule has 0 amide bonds. The largest absolute Gasteiger partial charge is 0.364 e. The van der Waals surface area contributed by atoms with Crippen LogP contribution in [-0.4, -0.2) is 34.3 Å². The topological polar surface area (TPSA) is 98.5 Å². The molecular weight excluding hydrogens is 470 g/mol. The lowest BCUT2D eigenvalue weighted by atomic mass is 10.1. The molecule has 3 atom stereocenters. The van der Waals surface area contributed by atoms with Crippen molar-refractivity contribution in [1.82, 2.24) is 9.55 Å².